The van der Waals surface area contributed by atoms with Crippen LogP contribution in [0.3, 0.4) is 0 Å². The molecule has 9 fully saturated rings. The van der Waals surface area contributed by atoms with Crippen LogP contribution in [0.2, 0.25) is 18.1 Å². The van der Waals surface area contributed by atoms with E-state index in [-0.39, 0.29) is 90.5 Å². The zero-order valence-electron chi connectivity index (χ0n) is 40.3. The van der Waals surface area contributed by atoms with E-state index in [2.05, 4.69) is 105 Å². The molecule has 352 valence electrons. The normalized spacial score (nSPS) is 44.0. The van der Waals surface area contributed by atoms with E-state index in [0.29, 0.717) is 23.7 Å². The minimum absolute atomic E-state index is 0.0122. The minimum atomic E-state index is -1.82. The van der Waals surface area contributed by atoms with Crippen molar-refractivity contribution in [1.82, 2.24) is 0 Å². The summed E-state index contributed by atoms with van der Waals surface area (Å²) in [5, 5.41) is 0.203. The summed E-state index contributed by atoms with van der Waals surface area (Å²) in [6.45, 7) is 30.9. The van der Waals surface area contributed by atoms with E-state index in [1.54, 1.807) is 0 Å². The molecule has 9 aliphatic rings. The predicted molar refractivity (Wildman–Crippen MR) is 248 cm³/mol. The van der Waals surface area contributed by atoms with E-state index in [1.807, 2.05) is 0 Å². The van der Waals surface area contributed by atoms with Gasteiger partial charge in [-0.05, 0) is 123 Å². The molecule has 9 heterocycles. The highest BCUT2D eigenvalue weighted by Crippen LogP contribution is 2.54. The first kappa shape index (κ1) is 46.7. The van der Waals surface area contributed by atoms with E-state index in [4.69, 9.17) is 42.3 Å². The van der Waals surface area contributed by atoms with Crippen molar-refractivity contribution in [2.45, 2.75) is 241 Å². The van der Waals surface area contributed by atoms with Gasteiger partial charge in [0.15, 0.2) is 14.1 Å². The van der Waals surface area contributed by atoms with Crippen LogP contribution in [0, 0.1) is 23.7 Å². The summed E-state index contributed by atoms with van der Waals surface area (Å²) in [6.07, 6.45) is 12.3. The topological polar surface area (TPSA) is 83.1 Å². The summed E-state index contributed by atoms with van der Waals surface area (Å²) < 4.78 is 61.3. The van der Waals surface area contributed by atoms with Gasteiger partial charge in [0, 0.05) is 25.9 Å². The van der Waals surface area contributed by atoms with Crippen molar-refractivity contribution in [2.75, 3.05) is 6.61 Å². The molecular formula is C53H82O9Si. The van der Waals surface area contributed by atoms with Crippen molar-refractivity contribution in [3.63, 3.8) is 0 Å². The number of ether oxygens (including phenoxy) is 8. The Hall–Kier alpha value is -1.44. The lowest BCUT2D eigenvalue weighted by Crippen LogP contribution is -2.61. The van der Waals surface area contributed by atoms with Gasteiger partial charge in [0.1, 0.15) is 30.5 Å². The zero-order chi connectivity index (χ0) is 44.4. The van der Waals surface area contributed by atoms with Crippen molar-refractivity contribution >= 4 is 8.32 Å². The molecule has 0 aromatic heterocycles. The Labute approximate surface area is 381 Å². The Morgan fingerprint density at radius 3 is 2.29 bits per heavy atom. The smallest absolute Gasteiger partial charge is 0.191 e. The summed E-state index contributed by atoms with van der Waals surface area (Å²) in [6, 6.07) is 11.0. The van der Waals surface area contributed by atoms with Gasteiger partial charge >= 0.3 is 0 Å². The average molecular weight is 891 g/mol. The van der Waals surface area contributed by atoms with E-state index >= 15 is 0 Å². The molecular weight excluding hydrogens is 809 g/mol. The fourth-order valence-electron chi connectivity index (χ4n) is 12.4. The third-order valence-electron chi connectivity index (χ3n) is 17.4. The maximum Gasteiger partial charge on any atom is 0.191 e. The molecule has 9 saturated heterocycles. The lowest BCUT2D eigenvalue weighted by Gasteiger charge is -2.47. The van der Waals surface area contributed by atoms with Gasteiger partial charge < -0.3 is 42.3 Å². The summed E-state index contributed by atoms with van der Waals surface area (Å²) in [5.74, 6) is 0.973. The van der Waals surface area contributed by atoms with Gasteiger partial charge in [0.05, 0.1) is 54.9 Å². The Kier molecular flexibility index (Phi) is 13.8. The maximum atomic E-state index is 7.14. The summed E-state index contributed by atoms with van der Waals surface area (Å²) in [5.41, 5.74) is 3.79. The van der Waals surface area contributed by atoms with Crippen LogP contribution in [0.4, 0.5) is 0 Å². The van der Waals surface area contributed by atoms with Gasteiger partial charge in [0.25, 0.3) is 0 Å². The highest BCUT2D eigenvalue weighted by molar-refractivity contribution is 6.74. The fraction of sp³-hybridized carbons (Fsp3) is 0.811. The second-order valence-corrected chi connectivity index (χ2v) is 27.8. The molecule has 10 rings (SSSR count). The largest absolute Gasteiger partial charge is 0.417 e. The maximum absolute atomic E-state index is 7.14. The second-order valence-electron chi connectivity index (χ2n) is 23.0. The molecule has 19 atom stereocenters. The Balaban J connectivity index is 0.789. The number of rotatable bonds is 16. The fourth-order valence-corrected chi connectivity index (χ4v) is 13.5. The van der Waals surface area contributed by atoms with Crippen LogP contribution < -0.4 is 0 Å². The molecule has 0 aliphatic carbocycles. The second kappa shape index (κ2) is 18.6. The number of hydrogen-bond acceptors (Lipinski definition) is 9. The molecule has 63 heavy (non-hydrogen) atoms. The monoisotopic (exact) mass is 891 g/mol. The lowest BCUT2D eigenvalue weighted by molar-refractivity contribution is -0.292. The molecule has 0 spiro atoms. The van der Waals surface area contributed by atoms with Gasteiger partial charge in [-0.2, -0.15) is 0 Å². The van der Waals surface area contributed by atoms with Crippen LogP contribution in [0.5, 0.6) is 0 Å². The average Bonchev–Trinajstić information content (AvgIpc) is 3.92. The number of benzene rings is 1. The highest BCUT2D eigenvalue weighted by Gasteiger charge is 2.68. The molecule has 9 nitrogen and oxygen atoms in total. The van der Waals surface area contributed by atoms with E-state index in [0.717, 1.165) is 90.1 Å². The summed E-state index contributed by atoms with van der Waals surface area (Å²) in [7, 11) is -1.82. The highest BCUT2D eigenvalue weighted by atomic mass is 28.4. The van der Waals surface area contributed by atoms with Crippen molar-refractivity contribution in [1.29, 1.82) is 0 Å². The molecule has 6 bridgehead atoms. The van der Waals surface area contributed by atoms with Crippen LogP contribution in [-0.2, 0) is 48.7 Å². The molecule has 10 heteroatoms. The Morgan fingerprint density at radius 2 is 1.52 bits per heavy atom. The SMILES string of the molecule is C=C1C[C@H](CC[C@@]23C[C@H]4O[C@H]5[C@@H](O2)[C@H]2O[C@@H](CC)CC[C@@H]2O[C@H]5C4O3)OC1CC[C@H]1C[C@@H](C)C(=C)C(C[C@@H]2O[C@H](C[C@H](C)CO[Si](C)(C)C(C)(C)C)[C@H](C)[C@H]2Cc2ccccc2)O1. The standard InChI is InChI=1S/C53H82O9Si/c1-12-37-18-21-42-47(57-37)51-50-49(59-42)48-46(60-50)29-53(61-48,62-51)23-22-39-26-33(4)41(55-39)20-19-38-25-32(3)34(5)44(56-38)28-45-40(27-36-16-14-13-15-17-36)35(6)43(58-45)24-31(2)30-54-63(10,11)52(7,8)9/h13-17,31-32,35,37-51H,4-5,12,18-30H2,1-3,6-11H3/t31-,32+,35+,37-,38-,39-,40+,41?,42-,43+,44?,45-,46+,47-,48?,49-,50+,51-,53-/m0/s1. The zero-order valence-corrected chi connectivity index (χ0v) is 41.3. The van der Waals surface area contributed by atoms with Gasteiger partial charge in [-0.1, -0.05) is 92.0 Å². The first-order chi connectivity index (χ1) is 30.0. The van der Waals surface area contributed by atoms with Crippen molar-refractivity contribution in [2.24, 2.45) is 23.7 Å². The van der Waals surface area contributed by atoms with Gasteiger partial charge in [-0.25, -0.2) is 0 Å². The number of hydrogen-bond donors (Lipinski definition) is 0. The third-order valence-corrected chi connectivity index (χ3v) is 21.9. The molecule has 0 radical (unpaired) electrons. The summed E-state index contributed by atoms with van der Waals surface area (Å²) >= 11 is 0. The lowest BCUT2D eigenvalue weighted by atomic mass is 9.78. The van der Waals surface area contributed by atoms with E-state index in [9.17, 15) is 0 Å². The predicted octanol–water partition coefficient (Wildman–Crippen LogP) is 10.7. The van der Waals surface area contributed by atoms with Gasteiger partial charge in [-0.15, -0.1) is 0 Å². The Bertz CT molecular complexity index is 1750. The molecule has 0 saturated carbocycles. The van der Waals surface area contributed by atoms with E-state index < -0.39 is 14.1 Å². The summed E-state index contributed by atoms with van der Waals surface area (Å²) in [4.78, 5) is 0. The van der Waals surface area contributed by atoms with Gasteiger partial charge in [-0.3, -0.25) is 0 Å². The van der Waals surface area contributed by atoms with Crippen LogP contribution in [0.25, 0.3) is 0 Å². The Morgan fingerprint density at radius 1 is 0.794 bits per heavy atom. The molecule has 1 aromatic carbocycles. The van der Waals surface area contributed by atoms with Crippen molar-refractivity contribution in [3.05, 3.63) is 60.2 Å². The van der Waals surface area contributed by atoms with Crippen molar-refractivity contribution < 1.29 is 42.3 Å². The van der Waals surface area contributed by atoms with Crippen LogP contribution in [0.15, 0.2) is 54.6 Å². The van der Waals surface area contributed by atoms with Crippen LogP contribution in [-0.4, -0.2) is 106 Å². The van der Waals surface area contributed by atoms with E-state index in [1.165, 1.54) is 16.7 Å². The van der Waals surface area contributed by atoms with Crippen molar-refractivity contribution in [3.8, 4) is 0 Å². The van der Waals surface area contributed by atoms with Crippen LogP contribution >= 0.6 is 0 Å². The first-order valence-electron chi connectivity index (χ1n) is 25.3. The quantitative estimate of drug-likeness (QED) is 0.119. The molecule has 0 amide bonds. The van der Waals surface area contributed by atoms with Gasteiger partial charge in [0.2, 0.25) is 0 Å². The number of fused-ring (bicyclic) bond motifs is 1. The molecule has 0 N–H and O–H groups in total. The molecule has 9 aliphatic heterocycles. The molecule has 1 aromatic rings. The molecule has 3 unspecified atom stereocenters. The third kappa shape index (κ3) is 9.67. The minimum Gasteiger partial charge on any atom is -0.417 e. The van der Waals surface area contributed by atoms with Crippen LogP contribution in [0.1, 0.15) is 131 Å². The first-order valence-corrected chi connectivity index (χ1v) is 28.2.